The van der Waals surface area contributed by atoms with Crippen LogP contribution in [0.25, 0.3) is 44.5 Å². The lowest BCUT2D eigenvalue weighted by Gasteiger charge is -2.45. The van der Waals surface area contributed by atoms with Crippen LogP contribution in [-0.4, -0.2) is 58.5 Å². The Hall–Kier alpha value is -4.63. The number of aromatic amines is 2. The van der Waals surface area contributed by atoms with Crippen molar-refractivity contribution in [1.82, 2.24) is 19.9 Å². The van der Waals surface area contributed by atoms with Gasteiger partial charge in [0.25, 0.3) is 5.56 Å². The number of H-pyrrole nitrogens is 2. The molecule has 3 saturated heterocycles. The van der Waals surface area contributed by atoms with Crippen molar-refractivity contribution in [2.24, 2.45) is 5.92 Å². The van der Waals surface area contributed by atoms with Gasteiger partial charge in [-0.15, -0.1) is 0 Å². The summed E-state index contributed by atoms with van der Waals surface area (Å²) in [6, 6.07) is 19.6. The molecule has 0 unspecified atom stereocenters. The van der Waals surface area contributed by atoms with Crippen LogP contribution < -0.4 is 20.9 Å². The van der Waals surface area contributed by atoms with Crippen LogP contribution >= 0.6 is 0 Å². The van der Waals surface area contributed by atoms with Gasteiger partial charge in [-0.3, -0.25) is 9.59 Å². The maximum Gasteiger partial charge on any atom is 0.261 e. The molecule has 5 heterocycles. The van der Waals surface area contributed by atoms with Gasteiger partial charge in [0.2, 0.25) is 5.91 Å². The van der Waals surface area contributed by atoms with Gasteiger partial charge in [-0.1, -0.05) is 24.3 Å². The summed E-state index contributed by atoms with van der Waals surface area (Å²) in [4.78, 5) is 39.3. The third-order valence-electron chi connectivity index (χ3n) is 8.44. The first-order chi connectivity index (χ1) is 20.0. The summed E-state index contributed by atoms with van der Waals surface area (Å²) in [5.74, 6) is 1.57. The van der Waals surface area contributed by atoms with Crippen molar-refractivity contribution in [2.45, 2.75) is 25.8 Å². The molecule has 41 heavy (non-hydrogen) atoms. The Labute approximate surface area is 236 Å². The number of fused-ring (bicyclic) bond motifs is 5. The number of ether oxygens (including phenoxy) is 1. The Morgan fingerprint density at radius 3 is 2.59 bits per heavy atom. The van der Waals surface area contributed by atoms with Crippen LogP contribution in [0.3, 0.4) is 0 Å². The number of hydrogen-bond acceptors (Lipinski definition) is 6. The molecule has 3 fully saturated rings. The number of pyridine rings is 1. The minimum absolute atomic E-state index is 0.135. The summed E-state index contributed by atoms with van der Waals surface area (Å²) < 4.78 is 5.80. The minimum atomic E-state index is -0.220. The molecular weight excluding hydrogens is 516 g/mol. The number of amides is 1. The second-order valence-corrected chi connectivity index (χ2v) is 11.1. The second kappa shape index (κ2) is 10.1. The van der Waals surface area contributed by atoms with E-state index in [0.717, 1.165) is 65.7 Å². The van der Waals surface area contributed by atoms with Crippen LogP contribution in [0.1, 0.15) is 19.8 Å². The normalized spacial score (nSPS) is 19.9. The minimum Gasteiger partial charge on any atom is -0.496 e. The van der Waals surface area contributed by atoms with E-state index in [1.807, 2.05) is 54.6 Å². The van der Waals surface area contributed by atoms with E-state index in [2.05, 4.69) is 31.6 Å². The summed E-state index contributed by atoms with van der Waals surface area (Å²) in [5.41, 5.74) is 5.85. The lowest BCUT2D eigenvalue weighted by molar-refractivity contribution is -0.114. The summed E-state index contributed by atoms with van der Waals surface area (Å²) in [6.45, 7) is 4.69. The SMILES string of the molecule is COc1cc2[nH]c(=O)c(-c3nc4ccccc4[nH]3)c(N[C@H]3CN4CCC3CC4)c2cc1-c1cccc(NC(C)=O)c1. The largest absolute Gasteiger partial charge is 0.496 e. The number of nitrogens with zero attached hydrogens (tertiary/aromatic N) is 2. The molecule has 9 nitrogen and oxygen atoms in total. The molecule has 3 aliphatic heterocycles. The van der Waals surface area contributed by atoms with Gasteiger partial charge in [0.05, 0.1) is 29.3 Å². The highest BCUT2D eigenvalue weighted by Gasteiger charge is 2.35. The van der Waals surface area contributed by atoms with Crippen molar-refractivity contribution >= 4 is 39.2 Å². The lowest BCUT2D eigenvalue weighted by atomic mass is 9.83. The summed E-state index contributed by atoms with van der Waals surface area (Å²) in [6.07, 6.45) is 2.29. The Kier molecular flexibility index (Phi) is 6.23. The lowest BCUT2D eigenvalue weighted by Crippen LogP contribution is -2.53. The van der Waals surface area contributed by atoms with E-state index in [1.54, 1.807) is 7.11 Å². The fourth-order valence-electron chi connectivity index (χ4n) is 6.45. The van der Waals surface area contributed by atoms with Gasteiger partial charge in [-0.05, 0) is 67.7 Å². The number of para-hydroxylation sites is 2. The van der Waals surface area contributed by atoms with Crippen LogP contribution in [0.4, 0.5) is 11.4 Å². The van der Waals surface area contributed by atoms with Gasteiger partial charge in [0.15, 0.2) is 0 Å². The average Bonchev–Trinajstić information content (AvgIpc) is 3.40. The van der Waals surface area contributed by atoms with Crippen LogP contribution in [0.15, 0.2) is 65.5 Å². The maximum absolute atomic E-state index is 13.8. The molecule has 0 saturated carbocycles. The Morgan fingerprint density at radius 2 is 1.85 bits per heavy atom. The fraction of sp³-hybridized carbons (Fsp3) is 0.281. The fourth-order valence-corrected chi connectivity index (χ4v) is 6.45. The first-order valence-electron chi connectivity index (χ1n) is 14.1. The molecule has 208 valence electrons. The van der Waals surface area contributed by atoms with Gasteiger partial charge < -0.3 is 30.2 Å². The third-order valence-corrected chi connectivity index (χ3v) is 8.44. The number of aromatic nitrogens is 3. The highest BCUT2D eigenvalue weighted by Crippen LogP contribution is 2.40. The van der Waals surface area contributed by atoms with Crippen molar-refractivity contribution in [3.05, 3.63) is 71.0 Å². The number of anilines is 2. The Bertz CT molecular complexity index is 1820. The molecule has 1 atom stereocenters. The van der Waals surface area contributed by atoms with Gasteiger partial charge in [0, 0.05) is 42.2 Å². The van der Waals surface area contributed by atoms with E-state index in [1.165, 1.54) is 6.92 Å². The maximum atomic E-state index is 13.8. The predicted octanol–water partition coefficient (Wildman–Crippen LogP) is 5.21. The molecule has 5 aromatic rings. The Morgan fingerprint density at radius 1 is 1.02 bits per heavy atom. The smallest absolute Gasteiger partial charge is 0.261 e. The summed E-state index contributed by atoms with van der Waals surface area (Å²) in [5, 5.41) is 7.58. The van der Waals surface area contributed by atoms with E-state index in [-0.39, 0.29) is 17.5 Å². The molecule has 1 amide bonds. The number of hydrogen-bond donors (Lipinski definition) is 4. The predicted molar refractivity (Wildman–Crippen MR) is 163 cm³/mol. The van der Waals surface area contributed by atoms with E-state index < -0.39 is 0 Å². The highest BCUT2D eigenvalue weighted by atomic mass is 16.5. The molecule has 3 aliphatic rings. The van der Waals surface area contributed by atoms with Crippen molar-refractivity contribution in [2.75, 3.05) is 37.4 Å². The van der Waals surface area contributed by atoms with Crippen LogP contribution in [0, 0.1) is 5.92 Å². The number of nitrogens with one attached hydrogen (secondary N) is 4. The first kappa shape index (κ1) is 25.3. The zero-order valence-electron chi connectivity index (χ0n) is 23.1. The molecule has 4 N–H and O–H groups in total. The van der Waals surface area contributed by atoms with Crippen LogP contribution in [-0.2, 0) is 4.79 Å². The number of carbonyl (C=O) groups excluding carboxylic acids is 1. The standard InChI is InChI=1S/C32H32N6O3/c1-18(39)33-21-7-5-6-20(14-21)22-15-23-26(16-28(22)41-2)37-32(40)29(31-35-24-8-3-4-9-25(24)36-31)30(23)34-27-17-38-12-10-19(27)11-13-38/h3-9,14-16,19,27H,10-13,17H2,1-2H3,(H,33,39)(H,35,36)(H2,34,37,40)/t27-/m0/s1. The van der Waals surface area contributed by atoms with E-state index >= 15 is 0 Å². The quantitative estimate of drug-likeness (QED) is 0.232. The topological polar surface area (TPSA) is 115 Å². The summed E-state index contributed by atoms with van der Waals surface area (Å²) >= 11 is 0. The zero-order valence-corrected chi connectivity index (χ0v) is 23.1. The molecule has 0 radical (unpaired) electrons. The average molecular weight is 549 g/mol. The van der Waals surface area contributed by atoms with Gasteiger partial charge in [-0.2, -0.15) is 0 Å². The van der Waals surface area contributed by atoms with Crippen molar-refractivity contribution < 1.29 is 9.53 Å². The van der Waals surface area contributed by atoms with E-state index in [4.69, 9.17) is 9.72 Å². The highest BCUT2D eigenvalue weighted by molar-refractivity contribution is 6.02. The molecule has 3 aromatic carbocycles. The van der Waals surface area contributed by atoms with Gasteiger partial charge in [0.1, 0.15) is 17.1 Å². The molecule has 2 aromatic heterocycles. The number of imidazole rings is 1. The van der Waals surface area contributed by atoms with Crippen molar-refractivity contribution in [1.29, 1.82) is 0 Å². The molecule has 0 aliphatic carbocycles. The summed E-state index contributed by atoms with van der Waals surface area (Å²) in [7, 11) is 1.62. The van der Waals surface area contributed by atoms with Crippen LogP contribution in [0.5, 0.6) is 5.75 Å². The third kappa shape index (κ3) is 4.62. The molecular formula is C32H32N6O3. The molecule has 2 bridgehead atoms. The monoisotopic (exact) mass is 548 g/mol. The molecule has 8 rings (SSSR count). The molecule has 9 heteroatoms. The number of benzene rings is 3. The van der Waals surface area contributed by atoms with Crippen molar-refractivity contribution in [3.8, 4) is 28.3 Å². The Balaban J connectivity index is 1.45. The number of piperidine rings is 3. The van der Waals surface area contributed by atoms with Crippen molar-refractivity contribution in [3.63, 3.8) is 0 Å². The molecule has 0 spiro atoms. The van der Waals surface area contributed by atoms with Crippen LogP contribution in [0.2, 0.25) is 0 Å². The van der Waals surface area contributed by atoms with E-state index in [9.17, 15) is 9.59 Å². The first-order valence-corrected chi connectivity index (χ1v) is 14.1. The van der Waals surface area contributed by atoms with Gasteiger partial charge in [-0.25, -0.2) is 4.98 Å². The second-order valence-electron chi connectivity index (χ2n) is 11.1. The zero-order chi connectivity index (χ0) is 28.1. The number of methoxy groups -OCH3 is 1. The number of rotatable bonds is 6. The van der Waals surface area contributed by atoms with E-state index in [0.29, 0.717) is 34.3 Å². The van der Waals surface area contributed by atoms with Gasteiger partial charge >= 0.3 is 0 Å². The number of carbonyl (C=O) groups is 1.